The van der Waals surface area contributed by atoms with Crippen molar-refractivity contribution in [2.75, 3.05) is 0 Å². The SMILES string of the molecule is CCC(C)NC(=O)C(C#N)CC. The third-order valence-corrected chi connectivity index (χ3v) is 1.88. The number of rotatable bonds is 4. The topological polar surface area (TPSA) is 52.9 Å². The van der Waals surface area contributed by atoms with Crippen molar-refractivity contribution in [3.63, 3.8) is 0 Å². The minimum Gasteiger partial charge on any atom is -0.353 e. The molecule has 0 radical (unpaired) electrons. The molecule has 3 heteroatoms. The van der Waals surface area contributed by atoms with E-state index in [0.29, 0.717) is 6.42 Å². The summed E-state index contributed by atoms with van der Waals surface area (Å²) in [6.07, 6.45) is 1.48. The summed E-state index contributed by atoms with van der Waals surface area (Å²) in [5.74, 6) is -0.631. The summed E-state index contributed by atoms with van der Waals surface area (Å²) < 4.78 is 0. The van der Waals surface area contributed by atoms with E-state index in [-0.39, 0.29) is 11.9 Å². The van der Waals surface area contributed by atoms with Crippen LogP contribution in [0.15, 0.2) is 0 Å². The molecule has 0 saturated carbocycles. The molecule has 0 saturated heterocycles. The van der Waals surface area contributed by atoms with Crippen LogP contribution in [0.3, 0.4) is 0 Å². The molecule has 3 nitrogen and oxygen atoms in total. The monoisotopic (exact) mass is 168 g/mol. The number of nitriles is 1. The van der Waals surface area contributed by atoms with Gasteiger partial charge in [0.05, 0.1) is 6.07 Å². The number of amides is 1. The van der Waals surface area contributed by atoms with Crippen LogP contribution in [0.4, 0.5) is 0 Å². The molecule has 12 heavy (non-hydrogen) atoms. The summed E-state index contributed by atoms with van der Waals surface area (Å²) in [6.45, 7) is 5.77. The highest BCUT2D eigenvalue weighted by molar-refractivity contribution is 5.81. The highest BCUT2D eigenvalue weighted by Crippen LogP contribution is 2.01. The predicted octanol–water partition coefficient (Wildman–Crippen LogP) is 1.45. The van der Waals surface area contributed by atoms with Gasteiger partial charge in [0.1, 0.15) is 5.92 Å². The van der Waals surface area contributed by atoms with Gasteiger partial charge < -0.3 is 5.32 Å². The Morgan fingerprint density at radius 3 is 2.42 bits per heavy atom. The van der Waals surface area contributed by atoms with Crippen LogP contribution in [0.1, 0.15) is 33.6 Å². The Labute approximate surface area is 73.8 Å². The minimum atomic E-state index is -0.487. The molecule has 1 amide bonds. The van der Waals surface area contributed by atoms with Crippen molar-refractivity contribution in [1.82, 2.24) is 5.32 Å². The van der Waals surface area contributed by atoms with Crippen molar-refractivity contribution in [1.29, 1.82) is 5.26 Å². The second kappa shape index (κ2) is 5.59. The van der Waals surface area contributed by atoms with Crippen LogP contribution < -0.4 is 5.32 Å². The van der Waals surface area contributed by atoms with Crippen molar-refractivity contribution in [2.24, 2.45) is 5.92 Å². The largest absolute Gasteiger partial charge is 0.353 e. The highest BCUT2D eigenvalue weighted by Gasteiger charge is 2.16. The summed E-state index contributed by atoms with van der Waals surface area (Å²) in [6, 6.07) is 2.14. The second-order valence-corrected chi connectivity index (χ2v) is 2.91. The van der Waals surface area contributed by atoms with E-state index < -0.39 is 5.92 Å². The maximum absolute atomic E-state index is 11.2. The predicted molar refractivity (Wildman–Crippen MR) is 47.3 cm³/mol. The average Bonchev–Trinajstić information content (AvgIpc) is 2.06. The average molecular weight is 168 g/mol. The number of carbonyl (C=O) groups excluding carboxylic acids is 1. The molecule has 0 aromatic carbocycles. The molecule has 0 bridgehead atoms. The fourth-order valence-electron chi connectivity index (χ4n) is 0.781. The van der Waals surface area contributed by atoms with Crippen molar-refractivity contribution in [3.05, 3.63) is 0 Å². The van der Waals surface area contributed by atoms with Crippen LogP contribution >= 0.6 is 0 Å². The molecule has 0 aliphatic heterocycles. The number of hydrogen-bond acceptors (Lipinski definition) is 2. The van der Waals surface area contributed by atoms with E-state index in [0.717, 1.165) is 6.42 Å². The molecule has 0 aromatic heterocycles. The van der Waals surface area contributed by atoms with Gasteiger partial charge in [-0.2, -0.15) is 5.26 Å². The van der Waals surface area contributed by atoms with Crippen molar-refractivity contribution in [3.8, 4) is 6.07 Å². The van der Waals surface area contributed by atoms with Gasteiger partial charge in [0.2, 0.25) is 5.91 Å². The second-order valence-electron chi connectivity index (χ2n) is 2.91. The summed E-state index contributed by atoms with van der Waals surface area (Å²) in [7, 11) is 0. The first-order valence-electron chi connectivity index (χ1n) is 4.35. The number of carbonyl (C=O) groups is 1. The first-order valence-corrected chi connectivity index (χ1v) is 4.35. The molecule has 0 aromatic rings. The molecule has 0 aliphatic rings. The molecule has 1 N–H and O–H groups in total. The molecular weight excluding hydrogens is 152 g/mol. The Morgan fingerprint density at radius 1 is 1.50 bits per heavy atom. The fraction of sp³-hybridized carbons (Fsp3) is 0.778. The van der Waals surface area contributed by atoms with E-state index in [2.05, 4.69) is 5.32 Å². The first kappa shape index (κ1) is 11.0. The van der Waals surface area contributed by atoms with E-state index in [9.17, 15) is 4.79 Å². The van der Waals surface area contributed by atoms with E-state index in [1.807, 2.05) is 26.8 Å². The Bertz CT molecular complexity index is 183. The Balaban J connectivity index is 3.95. The van der Waals surface area contributed by atoms with Crippen molar-refractivity contribution >= 4 is 5.91 Å². The Hall–Kier alpha value is -1.04. The summed E-state index contributed by atoms with van der Waals surface area (Å²) in [5.41, 5.74) is 0. The summed E-state index contributed by atoms with van der Waals surface area (Å²) in [4.78, 5) is 11.2. The van der Waals surface area contributed by atoms with Gasteiger partial charge >= 0.3 is 0 Å². The molecule has 0 fully saturated rings. The number of nitrogens with zero attached hydrogens (tertiary/aromatic N) is 1. The standard InChI is InChI=1S/C9H16N2O/c1-4-7(3)11-9(12)8(5-2)6-10/h7-8H,4-5H2,1-3H3,(H,11,12). The van der Waals surface area contributed by atoms with Crippen LogP contribution in [0.5, 0.6) is 0 Å². The van der Waals surface area contributed by atoms with Crippen LogP contribution in [-0.2, 0) is 4.79 Å². The molecule has 0 rings (SSSR count). The van der Waals surface area contributed by atoms with E-state index in [1.54, 1.807) is 0 Å². The minimum absolute atomic E-state index is 0.144. The Kier molecular flexibility index (Phi) is 5.11. The fourth-order valence-corrected chi connectivity index (χ4v) is 0.781. The molecular formula is C9H16N2O. The quantitative estimate of drug-likeness (QED) is 0.690. The zero-order valence-corrected chi connectivity index (χ0v) is 7.92. The molecule has 2 atom stereocenters. The van der Waals surface area contributed by atoms with Crippen LogP contribution in [0.2, 0.25) is 0 Å². The zero-order chi connectivity index (χ0) is 9.56. The summed E-state index contributed by atoms with van der Waals surface area (Å²) >= 11 is 0. The lowest BCUT2D eigenvalue weighted by Crippen LogP contribution is -2.36. The van der Waals surface area contributed by atoms with Crippen LogP contribution in [-0.4, -0.2) is 11.9 Å². The highest BCUT2D eigenvalue weighted by atomic mass is 16.1. The lowest BCUT2D eigenvalue weighted by atomic mass is 10.1. The first-order chi connectivity index (χ1) is 5.65. The van der Waals surface area contributed by atoms with E-state index in [1.165, 1.54) is 0 Å². The third-order valence-electron chi connectivity index (χ3n) is 1.88. The van der Waals surface area contributed by atoms with Gasteiger partial charge in [-0.3, -0.25) is 4.79 Å². The molecule has 2 unspecified atom stereocenters. The Morgan fingerprint density at radius 2 is 2.08 bits per heavy atom. The maximum Gasteiger partial charge on any atom is 0.237 e. The van der Waals surface area contributed by atoms with Gasteiger partial charge in [-0.25, -0.2) is 0 Å². The van der Waals surface area contributed by atoms with E-state index >= 15 is 0 Å². The zero-order valence-electron chi connectivity index (χ0n) is 7.92. The van der Waals surface area contributed by atoms with E-state index in [4.69, 9.17) is 5.26 Å². The maximum atomic E-state index is 11.2. The molecule has 0 aliphatic carbocycles. The lowest BCUT2D eigenvalue weighted by molar-refractivity contribution is -0.124. The van der Waals surface area contributed by atoms with Gasteiger partial charge in [0.25, 0.3) is 0 Å². The summed E-state index contributed by atoms with van der Waals surface area (Å²) in [5, 5.41) is 11.3. The van der Waals surface area contributed by atoms with Gasteiger partial charge in [-0.15, -0.1) is 0 Å². The van der Waals surface area contributed by atoms with Crippen molar-refractivity contribution < 1.29 is 4.79 Å². The van der Waals surface area contributed by atoms with Crippen LogP contribution in [0, 0.1) is 17.2 Å². The third kappa shape index (κ3) is 3.38. The van der Waals surface area contributed by atoms with Crippen molar-refractivity contribution in [2.45, 2.75) is 39.7 Å². The van der Waals surface area contributed by atoms with Gasteiger partial charge in [0.15, 0.2) is 0 Å². The number of nitrogens with one attached hydrogen (secondary N) is 1. The molecule has 0 heterocycles. The van der Waals surface area contributed by atoms with Gasteiger partial charge in [0, 0.05) is 6.04 Å². The van der Waals surface area contributed by atoms with Crippen LogP contribution in [0.25, 0.3) is 0 Å². The number of hydrogen-bond donors (Lipinski definition) is 1. The molecule has 0 spiro atoms. The lowest BCUT2D eigenvalue weighted by Gasteiger charge is -2.13. The van der Waals surface area contributed by atoms with Gasteiger partial charge in [-0.05, 0) is 19.8 Å². The smallest absolute Gasteiger partial charge is 0.237 e. The van der Waals surface area contributed by atoms with Gasteiger partial charge in [-0.1, -0.05) is 13.8 Å². The molecule has 68 valence electrons. The normalized spacial score (nSPS) is 14.5.